The molecule has 0 saturated carbocycles. The Hall–Kier alpha value is -1.97. The number of carbonyl (C=O) groups is 1. The number of hydrogen-bond donors (Lipinski definition) is 0. The molecule has 3 nitrogen and oxygen atoms in total. The fourth-order valence-electron chi connectivity index (χ4n) is 2.40. The lowest BCUT2D eigenvalue weighted by Gasteiger charge is -2.09. The van der Waals surface area contributed by atoms with E-state index in [1.807, 2.05) is 48.5 Å². The summed E-state index contributed by atoms with van der Waals surface area (Å²) in [6.45, 7) is 0. The zero-order valence-electron chi connectivity index (χ0n) is 11.1. The van der Waals surface area contributed by atoms with Crippen LogP contribution >= 0.6 is 23.2 Å². The van der Waals surface area contributed by atoms with Crippen molar-refractivity contribution in [3.63, 3.8) is 0 Å². The van der Waals surface area contributed by atoms with E-state index in [1.54, 1.807) is 11.7 Å². The Bertz CT molecular complexity index is 839. The maximum Gasteiger partial charge on any atom is 0.256 e. The van der Waals surface area contributed by atoms with E-state index < -0.39 is 5.24 Å². The van der Waals surface area contributed by atoms with Gasteiger partial charge in [0.05, 0.1) is 23.9 Å². The maximum atomic E-state index is 11.7. The molecule has 5 heteroatoms. The second-order valence-electron chi connectivity index (χ2n) is 4.49. The summed E-state index contributed by atoms with van der Waals surface area (Å²) in [6.07, 6.45) is 0. The summed E-state index contributed by atoms with van der Waals surface area (Å²) in [5.41, 5.74) is 1.94. The number of ether oxygens (including phenoxy) is 1. The molecule has 0 aliphatic heterocycles. The lowest BCUT2D eigenvalue weighted by atomic mass is 10.2. The number of aromatic nitrogens is 1. The smallest absolute Gasteiger partial charge is 0.256 e. The molecule has 0 bridgehead atoms. The van der Waals surface area contributed by atoms with E-state index in [2.05, 4.69) is 0 Å². The zero-order chi connectivity index (χ0) is 15.0. The minimum absolute atomic E-state index is 0.296. The quantitative estimate of drug-likeness (QED) is 0.657. The second kappa shape index (κ2) is 5.43. The Kier molecular flexibility index (Phi) is 3.62. The average molecular weight is 320 g/mol. The number of benzene rings is 2. The first-order valence-corrected chi connectivity index (χ1v) is 7.02. The topological polar surface area (TPSA) is 31.2 Å². The fourth-order valence-corrected chi connectivity index (χ4v) is 3.01. The molecule has 0 radical (unpaired) electrons. The van der Waals surface area contributed by atoms with E-state index in [1.165, 1.54) is 0 Å². The van der Waals surface area contributed by atoms with Crippen LogP contribution in [0.1, 0.15) is 10.4 Å². The molecule has 1 heterocycles. The van der Waals surface area contributed by atoms with Gasteiger partial charge in [0, 0.05) is 11.5 Å². The largest absolute Gasteiger partial charge is 0.497 e. The van der Waals surface area contributed by atoms with Crippen LogP contribution in [0.5, 0.6) is 5.75 Å². The highest BCUT2D eigenvalue weighted by Gasteiger charge is 2.20. The number of para-hydroxylation sites is 1. The predicted molar refractivity (Wildman–Crippen MR) is 85.0 cm³/mol. The standard InChI is InChI=1S/C16H11Cl2NO2/c1-21-11-6-4-5-10(9-11)19-13-8-3-2-7-12(13)14(15(19)17)16(18)20/h2-9H,1H3. The zero-order valence-corrected chi connectivity index (χ0v) is 12.7. The van der Waals surface area contributed by atoms with Gasteiger partial charge in [0.1, 0.15) is 10.9 Å². The van der Waals surface area contributed by atoms with E-state index in [0.29, 0.717) is 16.5 Å². The Morgan fingerprint density at radius 1 is 1.14 bits per heavy atom. The van der Waals surface area contributed by atoms with Gasteiger partial charge in [-0.25, -0.2) is 0 Å². The van der Waals surface area contributed by atoms with E-state index in [-0.39, 0.29) is 0 Å². The summed E-state index contributed by atoms with van der Waals surface area (Å²) in [4.78, 5) is 11.7. The number of methoxy groups -OCH3 is 1. The van der Waals surface area contributed by atoms with Gasteiger partial charge in [-0.05, 0) is 29.8 Å². The van der Waals surface area contributed by atoms with Gasteiger partial charge in [-0.15, -0.1) is 0 Å². The van der Waals surface area contributed by atoms with Crippen LogP contribution in [0.3, 0.4) is 0 Å². The first-order valence-electron chi connectivity index (χ1n) is 6.26. The Morgan fingerprint density at radius 2 is 1.90 bits per heavy atom. The van der Waals surface area contributed by atoms with Gasteiger partial charge in [-0.2, -0.15) is 0 Å². The molecule has 2 aromatic carbocycles. The number of hydrogen-bond acceptors (Lipinski definition) is 2. The highest BCUT2D eigenvalue weighted by Crippen LogP contribution is 2.34. The van der Waals surface area contributed by atoms with Crippen LogP contribution in [0.25, 0.3) is 16.6 Å². The molecule has 1 aromatic heterocycles. The lowest BCUT2D eigenvalue weighted by Crippen LogP contribution is -1.96. The number of rotatable bonds is 3. The molecule has 0 spiro atoms. The third kappa shape index (κ3) is 2.28. The van der Waals surface area contributed by atoms with Crippen molar-refractivity contribution in [1.82, 2.24) is 4.57 Å². The summed E-state index contributed by atoms with van der Waals surface area (Å²) in [6, 6.07) is 14.9. The van der Waals surface area contributed by atoms with Gasteiger partial charge in [-0.3, -0.25) is 9.36 Å². The molecule has 0 fully saturated rings. The number of halogens is 2. The molecule has 0 aliphatic carbocycles. The van der Waals surface area contributed by atoms with E-state index in [0.717, 1.165) is 16.6 Å². The Balaban J connectivity index is 2.37. The van der Waals surface area contributed by atoms with Crippen LogP contribution in [0.2, 0.25) is 5.15 Å². The normalized spacial score (nSPS) is 10.8. The van der Waals surface area contributed by atoms with E-state index in [9.17, 15) is 4.79 Å². The van der Waals surface area contributed by atoms with Crippen molar-refractivity contribution < 1.29 is 9.53 Å². The van der Waals surface area contributed by atoms with Gasteiger partial charge in [0.15, 0.2) is 0 Å². The highest BCUT2D eigenvalue weighted by atomic mass is 35.5. The first-order chi connectivity index (χ1) is 10.1. The van der Waals surface area contributed by atoms with Gasteiger partial charge in [0.25, 0.3) is 5.24 Å². The van der Waals surface area contributed by atoms with Crippen LogP contribution in [-0.2, 0) is 0 Å². The van der Waals surface area contributed by atoms with Crippen LogP contribution < -0.4 is 4.74 Å². The molecule has 3 rings (SSSR count). The molecule has 0 unspecified atom stereocenters. The minimum atomic E-state index is -0.571. The maximum absolute atomic E-state index is 11.7. The van der Waals surface area contributed by atoms with Crippen molar-refractivity contribution in [3.8, 4) is 11.4 Å². The lowest BCUT2D eigenvalue weighted by molar-refractivity contribution is 0.108. The van der Waals surface area contributed by atoms with E-state index >= 15 is 0 Å². The van der Waals surface area contributed by atoms with Crippen molar-refractivity contribution in [1.29, 1.82) is 0 Å². The second-order valence-corrected chi connectivity index (χ2v) is 5.19. The molecule has 21 heavy (non-hydrogen) atoms. The van der Waals surface area contributed by atoms with Crippen molar-refractivity contribution in [2.45, 2.75) is 0 Å². The predicted octanol–water partition coefficient (Wildman–Crippen LogP) is 4.67. The van der Waals surface area contributed by atoms with Gasteiger partial charge in [-0.1, -0.05) is 35.9 Å². The molecular formula is C16H11Cl2NO2. The van der Waals surface area contributed by atoms with Crippen molar-refractivity contribution >= 4 is 39.3 Å². The van der Waals surface area contributed by atoms with Crippen LogP contribution in [-0.4, -0.2) is 16.9 Å². The summed E-state index contributed by atoms with van der Waals surface area (Å²) in [7, 11) is 1.60. The SMILES string of the molecule is COc1cccc(-n2c(Cl)c(C(=O)Cl)c3ccccc32)c1. The molecule has 0 saturated heterocycles. The molecule has 3 aromatic rings. The number of nitrogens with zero attached hydrogens (tertiary/aromatic N) is 1. The summed E-state index contributed by atoms with van der Waals surface area (Å²) >= 11 is 12.1. The number of carbonyl (C=O) groups excluding carboxylic acids is 1. The Labute approximate surface area is 131 Å². The highest BCUT2D eigenvalue weighted by molar-refractivity contribution is 6.69. The summed E-state index contributed by atoms with van der Waals surface area (Å²) < 4.78 is 7.02. The van der Waals surface area contributed by atoms with Crippen molar-refractivity contribution in [3.05, 3.63) is 59.2 Å². The van der Waals surface area contributed by atoms with Gasteiger partial charge >= 0.3 is 0 Å². The average Bonchev–Trinajstić information content (AvgIpc) is 2.79. The van der Waals surface area contributed by atoms with Crippen molar-refractivity contribution in [2.24, 2.45) is 0 Å². The third-order valence-electron chi connectivity index (χ3n) is 3.32. The van der Waals surface area contributed by atoms with E-state index in [4.69, 9.17) is 27.9 Å². The van der Waals surface area contributed by atoms with Crippen molar-refractivity contribution in [2.75, 3.05) is 7.11 Å². The molecule has 0 aliphatic rings. The third-order valence-corrected chi connectivity index (χ3v) is 3.87. The Morgan fingerprint density at radius 3 is 2.62 bits per heavy atom. The monoisotopic (exact) mass is 319 g/mol. The van der Waals surface area contributed by atoms with Crippen LogP contribution in [0.4, 0.5) is 0 Å². The van der Waals surface area contributed by atoms with Gasteiger partial charge < -0.3 is 4.74 Å². The molecule has 106 valence electrons. The van der Waals surface area contributed by atoms with Crippen LogP contribution in [0.15, 0.2) is 48.5 Å². The van der Waals surface area contributed by atoms with Gasteiger partial charge in [0.2, 0.25) is 0 Å². The number of fused-ring (bicyclic) bond motifs is 1. The van der Waals surface area contributed by atoms with Crippen LogP contribution in [0, 0.1) is 0 Å². The molecule has 0 N–H and O–H groups in total. The minimum Gasteiger partial charge on any atom is -0.497 e. The molecule has 0 amide bonds. The summed E-state index contributed by atoms with van der Waals surface area (Å²) in [5, 5.41) is 0.451. The fraction of sp³-hybridized carbons (Fsp3) is 0.0625. The molecule has 0 atom stereocenters. The molecular weight excluding hydrogens is 309 g/mol. The first kappa shape index (κ1) is 14.0. The summed E-state index contributed by atoms with van der Waals surface area (Å²) in [5.74, 6) is 0.708.